The lowest BCUT2D eigenvalue weighted by Gasteiger charge is -2.19. The summed E-state index contributed by atoms with van der Waals surface area (Å²) < 4.78 is 5.42. The molecule has 0 aliphatic heterocycles. The molecule has 22 heavy (non-hydrogen) atoms. The molecule has 0 saturated heterocycles. The van der Waals surface area contributed by atoms with Gasteiger partial charge in [-0.1, -0.05) is 41.4 Å². The van der Waals surface area contributed by atoms with Gasteiger partial charge in [0.2, 0.25) is 0 Å². The van der Waals surface area contributed by atoms with E-state index in [0.717, 1.165) is 22.2 Å². The van der Waals surface area contributed by atoms with Gasteiger partial charge < -0.3 is 15.5 Å². The number of halogens is 2. The Morgan fingerprint density at radius 1 is 1.05 bits per heavy atom. The Kier molecular flexibility index (Phi) is 4.04. The third-order valence-electron chi connectivity index (χ3n) is 3.86. The summed E-state index contributed by atoms with van der Waals surface area (Å²) >= 11 is 12.6. The Bertz CT molecular complexity index is 842. The summed E-state index contributed by atoms with van der Waals surface area (Å²) in [6.07, 6.45) is 0. The number of nitrogens with one attached hydrogen (secondary N) is 1. The second kappa shape index (κ2) is 5.84. The van der Waals surface area contributed by atoms with Gasteiger partial charge in [0.15, 0.2) is 0 Å². The van der Waals surface area contributed by atoms with Gasteiger partial charge in [0.1, 0.15) is 5.75 Å². The highest BCUT2D eigenvalue weighted by Crippen LogP contribution is 2.41. The van der Waals surface area contributed by atoms with Crippen molar-refractivity contribution in [1.82, 2.24) is 4.98 Å². The molecule has 5 heteroatoms. The third-order valence-corrected chi connectivity index (χ3v) is 4.49. The number of H-pyrrole nitrogens is 1. The summed E-state index contributed by atoms with van der Waals surface area (Å²) in [5, 5.41) is 2.11. The lowest BCUT2D eigenvalue weighted by atomic mass is 9.96. The van der Waals surface area contributed by atoms with Gasteiger partial charge in [-0.15, -0.1) is 0 Å². The van der Waals surface area contributed by atoms with Crippen LogP contribution in [-0.2, 0) is 0 Å². The molecule has 0 saturated carbocycles. The number of aryl methyl sites for hydroxylation is 1. The van der Waals surface area contributed by atoms with Crippen molar-refractivity contribution in [2.45, 2.75) is 13.0 Å². The van der Waals surface area contributed by atoms with Crippen molar-refractivity contribution in [2.75, 3.05) is 7.11 Å². The minimum Gasteiger partial charge on any atom is -0.495 e. The van der Waals surface area contributed by atoms with Gasteiger partial charge in [-0.3, -0.25) is 0 Å². The molecule has 0 bridgehead atoms. The monoisotopic (exact) mass is 334 g/mol. The number of benzene rings is 2. The molecule has 0 fully saturated rings. The topological polar surface area (TPSA) is 51.0 Å². The number of nitrogens with two attached hydrogens (primary N) is 1. The number of hydrogen-bond acceptors (Lipinski definition) is 2. The van der Waals surface area contributed by atoms with Gasteiger partial charge in [0, 0.05) is 32.7 Å². The van der Waals surface area contributed by atoms with Crippen molar-refractivity contribution in [1.29, 1.82) is 0 Å². The van der Waals surface area contributed by atoms with Crippen molar-refractivity contribution in [3.63, 3.8) is 0 Å². The lowest BCUT2D eigenvalue weighted by molar-refractivity contribution is 0.408. The van der Waals surface area contributed by atoms with Crippen molar-refractivity contribution in [3.05, 3.63) is 63.3 Å². The second-order valence-corrected chi connectivity index (χ2v) is 5.98. The SMILES string of the molecule is COc1c(Cl)ccc(Cl)c1C(N)c1c(C)[nH]c2ccccc12. The van der Waals surface area contributed by atoms with E-state index < -0.39 is 6.04 Å². The highest BCUT2D eigenvalue weighted by atomic mass is 35.5. The van der Waals surface area contributed by atoms with E-state index in [1.165, 1.54) is 0 Å². The van der Waals surface area contributed by atoms with Crippen LogP contribution in [0.15, 0.2) is 36.4 Å². The minimum absolute atomic E-state index is 0.433. The van der Waals surface area contributed by atoms with Crippen LogP contribution in [0.3, 0.4) is 0 Å². The molecule has 0 aliphatic carbocycles. The zero-order valence-electron chi connectivity index (χ0n) is 12.3. The van der Waals surface area contributed by atoms with Crippen LogP contribution in [0.2, 0.25) is 10.0 Å². The second-order valence-electron chi connectivity index (χ2n) is 5.16. The number of para-hydroxylation sites is 1. The highest BCUT2D eigenvalue weighted by Gasteiger charge is 2.24. The predicted octanol–water partition coefficient (Wildman–Crippen LogP) is 4.84. The van der Waals surface area contributed by atoms with Crippen LogP contribution in [0.5, 0.6) is 5.75 Å². The summed E-state index contributed by atoms with van der Waals surface area (Å²) in [5.74, 6) is 0.520. The molecule has 0 spiro atoms. The summed E-state index contributed by atoms with van der Waals surface area (Å²) in [6, 6.07) is 11.1. The van der Waals surface area contributed by atoms with Crippen LogP contribution in [0.4, 0.5) is 0 Å². The first-order chi connectivity index (χ1) is 10.5. The molecule has 114 valence electrons. The number of fused-ring (bicyclic) bond motifs is 1. The Balaban J connectivity index is 2.25. The maximum atomic E-state index is 6.53. The smallest absolute Gasteiger partial charge is 0.144 e. The first kappa shape index (κ1) is 15.2. The zero-order valence-corrected chi connectivity index (χ0v) is 13.8. The van der Waals surface area contributed by atoms with E-state index in [4.69, 9.17) is 33.7 Å². The molecule has 1 heterocycles. The Morgan fingerprint density at radius 2 is 1.73 bits per heavy atom. The van der Waals surface area contributed by atoms with Gasteiger partial charge in [0.05, 0.1) is 18.2 Å². The van der Waals surface area contributed by atoms with Gasteiger partial charge in [0.25, 0.3) is 0 Å². The van der Waals surface area contributed by atoms with E-state index >= 15 is 0 Å². The van der Waals surface area contributed by atoms with Crippen LogP contribution in [-0.4, -0.2) is 12.1 Å². The van der Waals surface area contributed by atoms with E-state index in [2.05, 4.69) is 4.98 Å². The number of ether oxygens (including phenoxy) is 1. The summed E-state index contributed by atoms with van der Waals surface area (Å²) in [4.78, 5) is 3.35. The number of hydrogen-bond donors (Lipinski definition) is 2. The Labute approximate surface area is 139 Å². The molecule has 1 unspecified atom stereocenters. The maximum Gasteiger partial charge on any atom is 0.144 e. The first-order valence-electron chi connectivity index (χ1n) is 6.89. The number of aromatic nitrogens is 1. The Morgan fingerprint density at radius 3 is 2.45 bits per heavy atom. The summed E-state index contributed by atoms with van der Waals surface area (Å²) in [6.45, 7) is 2.00. The van der Waals surface area contributed by atoms with Gasteiger partial charge in [-0.2, -0.15) is 0 Å². The number of aromatic amines is 1. The van der Waals surface area contributed by atoms with Gasteiger partial charge >= 0.3 is 0 Å². The van der Waals surface area contributed by atoms with Crippen LogP contribution in [0.1, 0.15) is 22.9 Å². The normalized spacial score (nSPS) is 12.6. The maximum absolute atomic E-state index is 6.53. The molecule has 1 atom stereocenters. The molecule has 3 aromatic rings. The van der Waals surface area contributed by atoms with Crippen molar-refractivity contribution in [3.8, 4) is 5.75 Å². The van der Waals surface area contributed by atoms with Gasteiger partial charge in [-0.05, 0) is 25.1 Å². The molecule has 0 radical (unpaired) electrons. The summed E-state index contributed by atoms with van der Waals surface area (Å²) in [7, 11) is 1.57. The molecular formula is C17H16Cl2N2O. The minimum atomic E-state index is -0.433. The largest absolute Gasteiger partial charge is 0.495 e. The third kappa shape index (κ3) is 2.35. The van der Waals surface area contributed by atoms with Crippen LogP contribution >= 0.6 is 23.2 Å². The average Bonchev–Trinajstić information content (AvgIpc) is 2.84. The van der Waals surface area contributed by atoms with Crippen LogP contribution < -0.4 is 10.5 Å². The van der Waals surface area contributed by atoms with Crippen LogP contribution in [0, 0.1) is 6.92 Å². The molecule has 3 rings (SSSR count). The fourth-order valence-electron chi connectivity index (χ4n) is 2.89. The molecule has 0 aliphatic rings. The molecule has 2 aromatic carbocycles. The predicted molar refractivity (Wildman–Crippen MR) is 92.1 cm³/mol. The molecular weight excluding hydrogens is 319 g/mol. The summed E-state index contributed by atoms with van der Waals surface area (Å²) in [5.41, 5.74) is 10.3. The molecule has 0 amide bonds. The van der Waals surface area contributed by atoms with E-state index in [0.29, 0.717) is 21.4 Å². The standard InChI is InChI=1S/C17H16Cl2N2O/c1-9-14(10-5-3-4-6-13(10)21-9)16(20)15-11(18)7-8-12(19)17(15)22-2/h3-8,16,21H,20H2,1-2H3. The van der Waals surface area contributed by atoms with Crippen molar-refractivity contribution >= 4 is 34.1 Å². The molecule has 1 aromatic heterocycles. The van der Waals surface area contributed by atoms with E-state index in [1.54, 1.807) is 19.2 Å². The van der Waals surface area contributed by atoms with Crippen molar-refractivity contribution < 1.29 is 4.74 Å². The zero-order chi connectivity index (χ0) is 15.9. The lowest BCUT2D eigenvalue weighted by Crippen LogP contribution is -2.14. The first-order valence-corrected chi connectivity index (χ1v) is 7.64. The quantitative estimate of drug-likeness (QED) is 0.719. The molecule has 3 nitrogen and oxygen atoms in total. The van der Waals surface area contributed by atoms with Gasteiger partial charge in [-0.25, -0.2) is 0 Å². The highest BCUT2D eigenvalue weighted by molar-refractivity contribution is 6.35. The average molecular weight is 335 g/mol. The van der Waals surface area contributed by atoms with Crippen LogP contribution in [0.25, 0.3) is 10.9 Å². The van der Waals surface area contributed by atoms with E-state index in [-0.39, 0.29) is 0 Å². The number of rotatable bonds is 3. The fraction of sp³-hybridized carbons (Fsp3) is 0.176. The van der Waals surface area contributed by atoms with Crippen molar-refractivity contribution in [2.24, 2.45) is 5.73 Å². The molecule has 3 N–H and O–H groups in total. The number of methoxy groups -OCH3 is 1. The Hall–Kier alpha value is -1.68. The van der Waals surface area contributed by atoms with E-state index in [9.17, 15) is 0 Å². The fourth-order valence-corrected chi connectivity index (χ4v) is 3.40. The van der Waals surface area contributed by atoms with E-state index in [1.807, 2.05) is 31.2 Å².